The molecule has 0 saturated carbocycles. The predicted octanol–water partition coefficient (Wildman–Crippen LogP) is 1.13. The summed E-state index contributed by atoms with van der Waals surface area (Å²) < 4.78 is 5.13. The van der Waals surface area contributed by atoms with Gasteiger partial charge in [-0.2, -0.15) is 9.99 Å². The van der Waals surface area contributed by atoms with Crippen LogP contribution in [-0.4, -0.2) is 13.1 Å². The van der Waals surface area contributed by atoms with Gasteiger partial charge in [-0.3, -0.25) is 0 Å². The van der Waals surface area contributed by atoms with Crippen LogP contribution in [-0.2, 0) is 4.74 Å². The number of carbonyl (C=O) groups is 1. The van der Waals surface area contributed by atoms with E-state index < -0.39 is 5.97 Å². The van der Waals surface area contributed by atoms with Crippen molar-refractivity contribution in [3.05, 3.63) is 46.8 Å². The Balaban J connectivity index is 2.81. The lowest BCUT2D eigenvalue weighted by atomic mass is 10.1. The van der Waals surface area contributed by atoms with E-state index in [1.807, 2.05) is 0 Å². The molecule has 0 aliphatic carbocycles. The van der Waals surface area contributed by atoms with Gasteiger partial charge in [0.2, 0.25) is 5.52 Å². The van der Waals surface area contributed by atoms with Gasteiger partial charge >= 0.3 is 5.97 Å². The topological polar surface area (TPSA) is 77.0 Å². The molecule has 0 atom stereocenters. The number of ether oxygens (including phenoxy) is 1. The maximum atomic E-state index is 11.8. The Morgan fingerprint density at radius 2 is 2.18 bits per heavy atom. The van der Waals surface area contributed by atoms with Crippen LogP contribution in [0.3, 0.4) is 0 Å². The summed E-state index contributed by atoms with van der Waals surface area (Å²) in [6.07, 6.45) is 0. The van der Waals surface area contributed by atoms with Crippen molar-refractivity contribution in [2.24, 2.45) is 0 Å². The van der Waals surface area contributed by atoms with Crippen LogP contribution in [0.15, 0.2) is 30.3 Å². The Morgan fingerprint density at radius 3 is 2.82 bits per heavy atom. The van der Waals surface area contributed by atoms with Crippen molar-refractivity contribution < 1.29 is 14.3 Å². The average molecular weight is 228 g/mol. The van der Waals surface area contributed by atoms with Crippen LogP contribution in [0, 0.1) is 16.5 Å². The number of aromatic nitrogens is 1. The molecule has 0 saturated heterocycles. The third kappa shape index (κ3) is 1.66. The molecule has 0 spiro atoms. The summed E-state index contributed by atoms with van der Waals surface area (Å²) in [6.45, 7) is 0. The van der Waals surface area contributed by atoms with Gasteiger partial charge in [0.25, 0.3) is 5.69 Å². The Labute approximate surface area is 97.1 Å². The molecule has 0 aliphatic heterocycles. The van der Waals surface area contributed by atoms with Gasteiger partial charge in [0, 0.05) is 12.1 Å². The highest BCUT2D eigenvalue weighted by Gasteiger charge is 2.16. The molecule has 84 valence electrons. The molecule has 0 amide bonds. The summed E-state index contributed by atoms with van der Waals surface area (Å²) in [6, 6.07) is 9.42. The molecular formula is C12H8N2O3. The summed E-state index contributed by atoms with van der Waals surface area (Å²) >= 11 is 0. The molecule has 0 N–H and O–H groups in total. The van der Waals surface area contributed by atoms with Gasteiger partial charge in [-0.1, -0.05) is 6.07 Å². The van der Waals surface area contributed by atoms with E-state index in [9.17, 15) is 10.0 Å². The first-order valence-corrected chi connectivity index (χ1v) is 4.82. The first kappa shape index (κ1) is 10.9. The van der Waals surface area contributed by atoms with Crippen molar-refractivity contribution in [3.8, 4) is 6.07 Å². The number of hydrogen-bond acceptors (Lipinski definition) is 4. The number of methoxy groups -OCH3 is 1. The van der Waals surface area contributed by atoms with Crippen LogP contribution in [0.2, 0.25) is 0 Å². The zero-order chi connectivity index (χ0) is 12.4. The van der Waals surface area contributed by atoms with E-state index in [1.54, 1.807) is 30.3 Å². The van der Waals surface area contributed by atoms with Gasteiger partial charge in [-0.15, -0.1) is 0 Å². The fourth-order valence-electron chi connectivity index (χ4n) is 1.64. The number of rotatable bonds is 1. The highest BCUT2D eigenvalue weighted by Crippen LogP contribution is 2.17. The smallest absolute Gasteiger partial charge is 0.338 e. The van der Waals surface area contributed by atoms with Gasteiger partial charge in [-0.25, -0.2) is 4.79 Å². The Kier molecular flexibility index (Phi) is 2.63. The van der Waals surface area contributed by atoms with Crippen LogP contribution in [0.25, 0.3) is 10.9 Å². The van der Waals surface area contributed by atoms with Crippen LogP contribution >= 0.6 is 0 Å². The fraction of sp³-hybridized carbons (Fsp3) is 0.0833. The standard InChI is InChI=1S/C12H8N2O3/c1-17-12(15)10-3-2-4-11-9(10)6-5-8(7-13)14(11)16/h2-6H,1H3. The lowest BCUT2D eigenvalue weighted by Gasteiger charge is -2.06. The minimum Gasteiger partial charge on any atom is -0.617 e. The van der Waals surface area contributed by atoms with E-state index in [2.05, 4.69) is 4.74 Å². The highest BCUT2D eigenvalue weighted by molar-refractivity contribution is 6.02. The Morgan fingerprint density at radius 1 is 1.41 bits per heavy atom. The van der Waals surface area contributed by atoms with Crippen molar-refractivity contribution in [3.63, 3.8) is 0 Å². The molecule has 5 nitrogen and oxygen atoms in total. The summed E-state index contributed by atoms with van der Waals surface area (Å²) in [5, 5.41) is 21.0. The van der Waals surface area contributed by atoms with E-state index in [4.69, 9.17) is 5.26 Å². The molecule has 2 rings (SSSR count). The third-order valence-electron chi connectivity index (χ3n) is 2.45. The summed E-state index contributed by atoms with van der Waals surface area (Å²) in [7, 11) is 1.27. The molecule has 1 heterocycles. The Hall–Kier alpha value is -2.61. The molecule has 0 unspecified atom stereocenters. The molecule has 17 heavy (non-hydrogen) atoms. The number of carbonyl (C=O) groups excluding carboxylic acids is 1. The van der Waals surface area contributed by atoms with E-state index in [1.165, 1.54) is 13.2 Å². The number of hydrogen-bond donors (Lipinski definition) is 0. The molecule has 1 aromatic carbocycles. The first-order chi connectivity index (χ1) is 8.19. The van der Waals surface area contributed by atoms with Crippen molar-refractivity contribution in [1.82, 2.24) is 0 Å². The number of nitrogens with zero attached hydrogens (tertiary/aromatic N) is 2. The van der Waals surface area contributed by atoms with Crippen LogP contribution in [0.1, 0.15) is 16.1 Å². The van der Waals surface area contributed by atoms with E-state index in [-0.39, 0.29) is 11.2 Å². The Bertz CT molecular complexity index is 644. The first-order valence-electron chi connectivity index (χ1n) is 4.82. The highest BCUT2D eigenvalue weighted by atomic mass is 16.5. The van der Waals surface area contributed by atoms with E-state index >= 15 is 0 Å². The molecule has 5 heteroatoms. The third-order valence-corrected chi connectivity index (χ3v) is 2.45. The van der Waals surface area contributed by atoms with Crippen molar-refractivity contribution in [2.45, 2.75) is 0 Å². The summed E-state index contributed by atoms with van der Waals surface area (Å²) in [5.41, 5.74) is 0.561. The molecule has 0 aliphatic rings. The molecule has 1 aromatic heterocycles. The second-order valence-electron chi connectivity index (χ2n) is 3.35. The quantitative estimate of drug-likeness (QED) is 0.416. The van der Waals surface area contributed by atoms with Crippen molar-refractivity contribution in [2.75, 3.05) is 7.11 Å². The number of pyridine rings is 1. The molecule has 0 bridgehead atoms. The average Bonchev–Trinajstić information content (AvgIpc) is 2.38. The van der Waals surface area contributed by atoms with Gasteiger partial charge in [0.1, 0.15) is 0 Å². The van der Waals surface area contributed by atoms with E-state index in [0.29, 0.717) is 15.7 Å². The monoisotopic (exact) mass is 228 g/mol. The van der Waals surface area contributed by atoms with Gasteiger partial charge in [0.15, 0.2) is 6.07 Å². The molecule has 0 fully saturated rings. The maximum Gasteiger partial charge on any atom is 0.338 e. The minimum absolute atomic E-state index is 0.0143. The van der Waals surface area contributed by atoms with Gasteiger partial charge in [-0.05, 0) is 12.1 Å². The normalized spacial score (nSPS) is 9.88. The second kappa shape index (κ2) is 4.10. The van der Waals surface area contributed by atoms with Gasteiger partial charge in [0.05, 0.1) is 18.1 Å². The largest absolute Gasteiger partial charge is 0.617 e. The lowest BCUT2D eigenvalue weighted by molar-refractivity contribution is -0.580. The van der Waals surface area contributed by atoms with Gasteiger partial charge < -0.3 is 9.94 Å². The second-order valence-corrected chi connectivity index (χ2v) is 3.35. The van der Waals surface area contributed by atoms with Crippen LogP contribution in [0.5, 0.6) is 0 Å². The fourth-order valence-corrected chi connectivity index (χ4v) is 1.64. The number of fused-ring (bicyclic) bond motifs is 1. The zero-order valence-corrected chi connectivity index (χ0v) is 9.01. The number of benzene rings is 1. The SMILES string of the molecule is COC(=O)c1cccc2c1ccc(C#N)[n+]2[O-]. The predicted molar refractivity (Wildman–Crippen MR) is 59.0 cm³/mol. The number of esters is 1. The zero-order valence-electron chi connectivity index (χ0n) is 9.01. The summed E-state index contributed by atoms with van der Waals surface area (Å²) in [5.74, 6) is -0.514. The minimum atomic E-state index is -0.514. The van der Waals surface area contributed by atoms with Crippen molar-refractivity contribution >= 4 is 16.9 Å². The molecule has 2 aromatic rings. The number of nitriles is 1. The lowest BCUT2D eigenvalue weighted by Crippen LogP contribution is -2.31. The molecular weight excluding hydrogens is 220 g/mol. The van der Waals surface area contributed by atoms with Crippen molar-refractivity contribution in [1.29, 1.82) is 5.26 Å². The summed E-state index contributed by atoms with van der Waals surface area (Å²) in [4.78, 5) is 11.5. The van der Waals surface area contributed by atoms with Crippen LogP contribution in [0.4, 0.5) is 0 Å². The van der Waals surface area contributed by atoms with Crippen LogP contribution < -0.4 is 4.73 Å². The van der Waals surface area contributed by atoms with E-state index in [0.717, 1.165) is 0 Å². The molecule has 0 radical (unpaired) electrons. The maximum absolute atomic E-state index is 11.8.